The first-order valence-electron chi connectivity index (χ1n) is 7.11. The van der Waals surface area contributed by atoms with E-state index < -0.39 is 5.56 Å². The largest absolute Gasteiger partial charge is 0.504 e. The normalized spacial score (nSPS) is 10.7. The summed E-state index contributed by atoms with van der Waals surface area (Å²) in [5.41, 5.74) is 1.55. The summed E-state index contributed by atoms with van der Waals surface area (Å²) in [6.07, 6.45) is 1.48. The molecule has 1 aromatic carbocycles. The van der Waals surface area contributed by atoms with Crippen molar-refractivity contribution in [2.24, 2.45) is 5.10 Å². The van der Waals surface area contributed by atoms with E-state index in [0.717, 1.165) is 0 Å². The summed E-state index contributed by atoms with van der Waals surface area (Å²) < 4.78 is 6.49. The van der Waals surface area contributed by atoms with Gasteiger partial charge in [0, 0.05) is 5.69 Å². The van der Waals surface area contributed by atoms with Gasteiger partial charge in [0.15, 0.2) is 11.5 Å². The molecule has 0 saturated heterocycles. The lowest BCUT2D eigenvalue weighted by Crippen LogP contribution is -2.22. The Morgan fingerprint density at radius 2 is 2.13 bits per heavy atom. The quantitative estimate of drug-likeness (QED) is 0.878. The van der Waals surface area contributed by atoms with Gasteiger partial charge in [-0.15, -0.1) is 0 Å². The molecule has 1 N–H and O–H groups in total. The van der Waals surface area contributed by atoms with E-state index in [1.54, 1.807) is 32.0 Å². The first-order chi connectivity index (χ1) is 11.0. The van der Waals surface area contributed by atoms with Crippen molar-refractivity contribution in [3.63, 3.8) is 0 Å². The van der Waals surface area contributed by atoms with Crippen molar-refractivity contribution in [2.45, 2.75) is 20.8 Å². The van der Waals surface area contributed by atoms with Crippen molar-refractivity contribution in [3.05, 3.63) is 57.0 Å². The Morgan fingerprint density at radius 3 is 2.78 bits per heavy atom. The average Bonchev–Trinajstić information content (AvgIpc) is 2.50. The standard InChI is InChI=1S/C17H17N3O3/c1-4-23-16-8-13(5-6-15(16)21)10-19-20-12(3)7-11(2)14(9-18)17(20)22/h5-8,10,21H,4H2,1-3H3. The highest BCUT2D eigenvalue weighted by Crippen LogP contribution is 2.26. The molecule has 0 spiro atoms. The van der Waals surface area contributed by atoms with Crippen LogP contribution in [0, 0.1) is 25.2 Å². The molecule has 0 saturated carbocycles. The van der Waals surface area contributed by atoms with Gasteiger partial charge in [0.25, 0.3) is 5.56 Å². The summed E-state index contributed by atoms with van der Waals surface area (Å²) in [5, 5.41) is 22.9. The number of hydrogen-bond acceptors (Lipinski definition) is 5. The smallest absolute Gasteiger partial charge is 0.289 e. The lowest BCUT2D eigenvalue weighted by molar-refractivity contribution is 0.318. The zero-order valence-corrected chi connectivity index (χ0v) is 13.2. The Morgan fingerprint density at radius 1 is 1.39 bits per heavy atom. The third-order valence-corrected chi connectivity index (χ3v) is 3.28. The lowest BCUT2D eigenvalue weighted by atomic mass is 10.1. The molecule has 1 aromatic heterocycles. The van der Waals surface area contributed by atoms with Crippen molar-refractivity contribution in [3.8, 4) is 17.6 Å². The van der Waals surface area contributed by atoms with Crippen LogP contribution in [-0.2, 0) is 0 Å². The number of aromatic hydroxyl groups is 1. The van der Waals surface area contributed by atoms with Crippen LogP contribution >= 0.6 is 0 Å². The number of aromatic nitrogens is 1. The molecule has 0 amide bonds. The van der Waals surface area contributed by atoms with Crippen molar-refractivity contribution >= 4 is 6.21 Å². The Bertz CT molecular complexity index is 861. The van der Waals surface area contributed by atoms with E-state index in [-0.39, 0.29) is 11.3 Å². The molecule has 0 aliphatic rings. The highest BCUT2D eigenvalue weighted by molar-refractivity contribution is 5.80. The SMILES string of the molecule is CCOc1cc(C=Nn2c(C)cc(C)c(C#N)c2=O)ccc1O. The topological polar surface area (TPSA) is 87.6 Å². The predicted octanol–water partition coefficient (Wildman–Crippen LogP) is 2.32. The van der Waals surface area contributed by atoms with Crippen LogP contribution in [0.4, 0.5) is 0 Å². The van der Waals surface area contributed by atoms with Gasteiger partial charge >= 0.3 is 0 Å². The molecule has 2 rings (SSSR count). The Balaban J connectivity index is 2.44. The number of rotatable bonds is 4. The minimum Gasteiger partial charge on any atom is -0.504 e. The number of phenols is 1. The molecule has 0 aliphatic carbocycles. The summed E-state index contributed by atoms with van der Waals surface area (Å²) in [6, 6.07) is 8.42. The van der Waals surface area contributed by atoms with E-state index in [4.69, 9.17) is 10.00 Å². The highest BCUT2D eigenvalue weighted by Gasteiger charge is 2.09. The first kappa shape index (κ1) is 16.3. The third kappa shape index (κ3) is 3.40. The number of phenolic OH excluding ortho intramolecular Hbond substituents is 1. The van der Waals surface area contributed by atoms with Gasteiger partial charge in [0.2, 0.25) is 0 Å². The minimum atomic E-state index is -0.454. The Kier molecular flexibility index (Phi) is 4.82. The van der Waals surface area contributed by atoms with E-state index in [0.29, 0.717) is 29.2 Å². The summed E-state index contributed by atoms with van der Waals surface area (Å²) in [6.45, 7) is 5.71. The van der Waals surface area contributed by atoms with Gasteiger partial charge in [-0.25, -0.2) is 4.68 Å². The predicted molar refractivity (Wildman–Crippen MR) is 87.2 cm³/mol. The van der Waals surface area contributed by atoms with E-state index in [2.05, 4.69) is 5.10 Å². The van der Waals surface area contributed by atoms with Crippen LogP contribution < -0.4 is 10.3 Å². The summed E-state index contributed by atoms with van der Waals surface area (Å²) >= 11 is 0. The summed E-state index contributed by atoms with van der Waals surface area (Å²) in [5.74, 6) is 0.390. The maximum Gasteiger partial charge on any atom is 0.289 e. The molecular formula is C17H17N3O3. The maximum absolute atomic E-state index is 12.2. The molecule has 0 radical (unpaired) electrons. The summed E-state index contributed by atoms with van der Waals surface area (Å²) in [7, 11) is 0. The molecule has 0 bridgehead atoms. The zero-order valence-electron chi connectivity index (χ0n) is 13.2. The second kappa shape index (κ2) is 6.79. The third-order valence-electron chi connectivity index (χ3n) is 3.28. The molecular weight excluding hydrogens is 294 g/mol. The molecule has 0 unspecified atom stereocenters. The van der Waals surface area contributed by atoms with Crippen LogP contribution in [0.15, 0.2) is 34.2 Å². The van der Waals surface area contributed by atoms with E-state index in [1.807, 2.05) is 13.0 Å². The number of hydrogen-bond donors (Lipinski definition) is 1. The molecule has 23 heavy (non-hydrogen) atoms. The van der Waals surface area contributed by atoms with Crippen molar-refractivity contribution in [2.75, 3.05) is 6.61 Å². The van der Waals surface area contributed by atoms with Crippen LogP contribution in [0.2, 0.25) is 0 Å². The first-order valence-corrected chi connectivity index (χ1v) is 7.11. The molecule has 0 aliphatic heterocycles. The fourth-order valence-corrected chi connectivity index (χ4v) is 2.17. The number of aryl methyl sites for hydroxylation is 2. The molecule has 6 heteroatoms. The van der Waals surface area contributed by atoms with Gasteiger partial charge in [0.1, 0.15) is 11.6 Å². The fourth-order valence-electron chi connectivity index (χ4n) is 2.17. The lowest BCUT2D eigenvalue weighted by Gasteiger charge is -2.07. The monoisotopic (exact) mass is 311 g/mol. The zero-order chi connectivity index (χ0) is 17.0. The van der Waals surface area contributed by atoms with Crippen LogP contribution in [-0.4, -0.2) is 22.6 Å². The number of nitrogens with zero attached hydrogens (tertiary/aromatic N) is 3. The molecule has 6 nitrogen and oxygen atoms in total. The maximum atomic E-state index is 12.2. The second-order valence-electron chi connectivity index (χ2n) is 4.98. The van der Waals surface area contributed by atoms with Crippen molar-refractivity contribution in [1.82, 2.24) is 4.68 Å². The van der Waals surface area contributed by atoms with Crippen LogP contribution in [0.5, 0.6) is 11.5 Å². The van der Waals surface area contributed by atoms with Gasteiger partial charge in [0.05, 0.1) is 12.8 Å². The summed E-state index contributed by atoms with van der Waals surface area (Å²) in [4.78, 5) is 12.2. The van der Waals surface area contributed by atoms with Crippen LogP contribution in [0.1, 0.15) is 29.3 Å². The van der Waals surface area contributed by atoms with E-state index >= 15 is 0 Å². The molecule has 118 valence electrons. The van der Waals surface area contributed by atoms with Gasteiger partial charge in [-0.3, -0.25) is 4.79 Å². The van der Waals surface area contributed by atoms with E-state index in [1.165, 1.54) is 17.0 Å². The highest BCUT2D eigenvalue weighted by atomic mass is 16.5. The number of nitriles is 1. The van der Waals surface area contributed by atoms with Gasteiger partial charge in [-0.1, -0.05) is 0 Å². The van der Waals surface area contributed by atoms with E-state index in [9.17, 15) is 9.90 Å². The van der Waals surface area contributed by atoms with Crippen molar-refractivity contribution in [1.29, 1.82) is 5.26 Å². The van der Waals surface area contributed by atoms with Crippen LogP contribution in [0.3, 0.4) is 0 Å². The number of ether oxygens (including phenoxy) is 1. The second-order valence-corrected chi connectivity index (χ2v) is 4.98. The van der Waals surface area contributed by atoms with Gasteiger partial charge < -0.3 is 9.84 Å². The number of benzene rings is 1. The molecule has 2 aromatic rings. The van der Waals surface area contributed by atoms with Gasteiger partial charge in [-0.2, -0.15) is 10.4 Å². The fraction of sp³-hybridized carbons (Fsp3) is 0.235. The van der Waals surface area contributed by atoms with Crippen LogP contribution in [0.25, 0.3) is 0 Å². The van der Waals surface area contributed by atoms with Gasteiger partial charge in [-0.05, 0) is 56.2 Å². The molecule has 1 heterocycles. The Labute approximate surface area is 133 Å². The number of pyridine rings is 1. The van der Waals surface area contributed by atoms with Crippen molar-refractivity contribution < 1.29 is 9.84 Å². The minimum absolute atomic E-state index is 0.0412. The average molecular weight is 311 g/mol. The molecule has 0 fully saturated rings. The molecule has 0 atom stereocenters. The Hall–Kier alpha value is -3.07.